The third-order valence-electron chi connectivity index (χ3n) is 4.66. The number of rotatable bonds is 7. The zero-order chi connectivity index (χ0) is 21.7. The molecule has 0 atom stereocenters. The van der Waals surface area contributed by atoms with E-state index in [1.54, 1.807) is 67.2 Å². The first-order valence-electron chi connectivity index (χ1n) is 9.50. The molecule has 0 saturated heterocycles. The van der Waals surface area contributed by atoms with Gasteiger partial charge in [0.2, 0.25) is 0 Å². The Kier molecular flexibility index (Phi) is 6.84. The molecule has 7 heteroatoms. The summed E-state index contributed by atoms with van der Waals surface area (Å²) in [5, 5.41) is 2.84. The lowest BCUT2D eigenvalue weighted by molar-refractivity contribution is 0.102. The van der Waals surface area contributed by atoms with Gasteiger partial charge in [0.15, 0.2) is 0 Å². The van der Waals surface area contributed by atoms with Crippen LogP contribution in [0.1, 0.15) is 22.8 Å². The number of anilines is 2. The SMILES string of the molecule is CCN(c1ccc(C(=O)Nc2ccc(C)cc2)cc1)S(=O)(=O)c1ccc(SC)cc1. The highest BCUT2D eigenvalue weighted by atomic mass is 32.2. The molecule has 0 aliphatic rings. The molecule has 156 valence electrons. The molecule has 5 nitrogen and oxygen atoms in total. The Labute approximate surface area is 182 Å². The van der Waals surface area contributed by atoms with Crippen molar-refractivity contribution in [1.29, 1.82) is 0 Å². The number of aryl methyl sites for hydroxylation is 1. The van der Waals surface area contributed by atoms with Gasteiger partial charge in [0.1, 0.15) is 0 Å². The van der Waals surface area contributed by atoms with Crippen molar-refractivity contribution in [3.8, 4) is 0 Å². The van der Waals surface area contributed by atoms with E-state index in [0.29, 0.717) is 16.9 Å². The molecule has 0 aliphatic carbocycles. The molecular formula is C23H24N2O3S2. The number of carbonyl (C=O) groups excluding carboxylic acids is 1. The van der Waals surface area contributed by atoms with Gasteiger partial charge in [-0.2, -0.15) is 0 Å². The fourth-order valence-electron chi connectivity index (χ4n) is 2.99. The third-order valence-corrected chi connectivity index (χ3v) is 7.32. The standard InChI is InChI=1S/C23H24N2O3S2/c1-4-25(30(27,28)22-15-13-21(29-3)14-16-22)20-11-7-18(8-12-20)23(26)24-19-9-5-17(2)6-10-19/h5-16H,4H2,1-3H3,(H,24,26). The van der Waals surface area contributed by atoms with Gasteiger partial charge in [-0.05, 0) is 80.8 Å². The number of nitrogens with one attached hydrogen (secondary N) is 1. The van der Waals surface area contributed by atoms with Crippen molar-refractivity contribution >= 4 is 39.1 Å². The molecule has 0 bridgehead atoms. The van der Waals surface area contributed by atoms with Crippen LogP contribution in [0.15, 0.2) is 82.6 Å². The van der Waals surface area contributed by atoms with Crippen LogP contribution in [0.25, 0.3) is 0 Å². The first kappa shape index (κ1) is 21.9. The van der Waals surface area contributed by atoms with Crippen LogP contribution in [0.5, 0.6) is 0 Å². The summed E-state index contributed by atoms with van der Waals surface area (Å²) < 4.78 is 27.5. The van der Waals surface area contributed by atoms with Gasteiger partial charge in [-0.25, -0.2) is 8.42 Å². The maximum Gasteiger partial charge on any atom is 0.264 e. The van der Waals surface area contributed by atoms with Gasteiger partial charge in [-0.15, -0.1) is 11.8 Å². The summed E-state index contributed by atoms with van der Waals surface area (Å²) >= 11 is 1.56. The first-order chi connectivity index (χ1) is 14.3. The molecule has 0 unspecified atom stereocenters. The number of hydrogen-bond acceptors (Lipinski definition) is 4. The number of nitrogens with zero attached hydrogens (tertiary/aromatic N) is 1. The van der Waals surface area contributed by atoms with E-state index in [-0.39, 0.29) is 17.3 Å². The Morgan fingerprint density at radius 2 is 1.53 bits per heavy atom. The lowest BCUT2D eigenvalue weighted by Gasteiger charge is -2.23. The molecule has 0 radical (unpaired) electrons. The first-order valence-corrected chi connectivity index (χ1v) is 12.2. The van der Waals surface area contributed by atoms with E-state index in [4.69, 9.17) is 0 Å². The van der Waals surface area contributed by atoms with Crippen LogP contribution in [-0.4, -0.2) is 27.1 Å². The van der Waals surface area contributed by atoms with E-state index in [9.17, 15) is 13.2 Å². The van der Waals surface area contributed by atoms with Gasteiger partial charge >= 0.3 is 0 Å². The summed E-state index contributed by atoms with van der Waals surface area (Å²) in [4.78, 5) is 13.7. The molecule has 3 aromatic rings. The largest absolute Gasteiger partial charge is 0.322 e. The predicted molar refractivity (Wildman–Crippen MR) is 124 cm³/mol. The number of thioether (sulfide) groups is 1. The highest BCUT2D eigenvalue weighted by Crippen LogP contribution is 2.26. The minimum absolute atomic E-state index is 0.239. The summed E-state index contributed by atoms with van der Waals surface area (Å²) in [6.07, 6.45) is 1.94. The molecule has 0 spiro atoms. The second-order valence-electron chi connectivity index (χ2n) is 6.71. The average molecular weight is 441 g/mol. The number of carbonyl (C=O) groups is 1. The molecule has 0 aliphatic heterocycles. The van der Waals surface area contributed by atoms with Crippen LogP contribution in [-0.2, 0) is 10.0 Å². The van der Waals surface area contributed by atoms with E-state index in [2.05, 4.69) is 5.32 Å². The smallest absolute Gasteiger partial charge is 0.264 e. The molecule has 0 aromatic heterocycles. The van der Waals surface area contributed by atoms with Crippen LogP contribution in [0.4, 0.5) is 11.4 Å². The molecule has 3 aromatic carbocycles. The summed E-state index contributed by atoms with van der Waals surface area (Å²) in [5.74, 6) is -0.246. The molecular weight excluding hydrogens is 416 g/mol. The molecule has 0 saturated carbocycles. The Bertz CT molecular complexity index is 1110. The van der Waals surface area contributed by atoms with Gasteiger partial charge in [-0.3, -0.25) is 9.10 Å². The van der Waals surface area contributed by atoms with Crippen molar-refractivity contribution in [3.63, 3.8) is 0 Å². The van der Waals surface area contributed by atoms with Gasteiger partial charge in [0.25, 0.3) is 15.9 Å². The molecule has 1 N–H and O–H groups in total. The van der Waals surface area contributed by atoms with Crippen molar-refractivity contribution in [3.05, 3.63) is 83.9 Å². The quantitative estimate of drug-likeness (QED) is 0.514. The minimum atomic E-state index is -3.69. The van der Waals surface area contributed by atoms with E-state index >= 15 is 0 Å². The summed E-state index contributed by atoms with van der Waals surface area (Å²) in [5.41, 5.74) is 2.79. The van der Waals surface area contributed by atoms with Crippen molar-refractivity contribution in [1.82, 2.24) is 0 Å². The highest BCUT2D eigenvalue weighted by Gasteiger charge is 2.23. The van der Waals surface area contributed by atoms with E-state index in [0.717, 1.165) is 10.5 Å². The Balaban J connectivity index is 1.80. The zero-order valence-corrected chi connectivity index (χ0v) is 18.8. The van der Waals surface area contributed by atoms with Crippen molar-refractivity contribution in [2.75, 3.05) is 22.4 Å². The topological polar surface area (TPSA) is 66.5 Å². The second-order valence-corrected chi connectivity index (χ2v) is 9.45. The lowest BCUT2D eigenvalue weighted by atomic mass is 10.1. The fourth-order valence-corrected chi connectivity index (χ4v) is 4.87. The van der Waals surface area contributed by atoms with Crippen molar-refractivity contribution in [2.45, 2.75) is 23.6 Å². The fraction of sp³-hybridized carbons (Fsp3) is 0.174. The average Bonchev–Trinajstić information content (AvgIpc) is 2.76. The summed E-state index contributed by atoms with van der Waals surface area (Å²) in [6, 6.07) is 20.9. The molecule has 30 heavy (non-hydrogen) atoms. The van der Waals surface area contributed by atoms with Gasteiger partial charge in [0, 0.05) is 22.7 Å². The van der Waals surface area contributed by atoms with Gasteiger partial charge in [0.05, 0.1) is 10.6 Å². The van der Waals surface area contributed by atoms with E-state index < -0.39 is 10.0 Å². The normalized spacial score (nSPS) is 11.2. The number of amides is 1. The highest BCUT2D eigenvalue weighted by molar-refractivity contribution is 7.98. The Morgan fingerprint density at radius 1 is 0.933 bits per heavy atom. The summed E-state index contributed by atoms with van der Waals surface area (Å²) in [7, 11) is -3.69. The Hall–Kier alpha value is -2.77. The number of benzene rings is 3. The van der Waals surface area contributed by atoms with Crippen molar-refractivity contribution < 1.29 is 13.2 Å². The van der Waals surface area contributed by atoms with E-state index in [1.165, 1.54) is 4.31 Å². The molecule has 3 rings (SSSR count). The van der Waals surface area contributed by atoms with Crippen LogP contribution in [0.2, 0.25) is 0 Å². The number of hydrogen-bond donors (Lipinski definition) is 1. The maximum absolute atomic E-state index is 13.1. The third kappa shape index (κ3) is 4.86. The number of sulfonamides is 1. The van der Waals surface area contributed by atoms with Crippen LogP contribution in [0, 0.1) is 6.92 Å². The zero-order valence-electron chi connectivity index (χ0n) is 17.1. The van der Waals surface area contributed by atoms with E-state index in [1.807, 2.05) is 37.4 Å². The molecule has 0 heterocycles. The van der Waals surface area contributed by atoms with Crippen LogP contribution >= 0.6 is 11.8 Å². The predicted octanol–water partition coefficient (Wildman–Crippen LogP) is 5.18. The maximum atomic E-state index is 13.1. The molecule has 0 fully saturated rings. The second kappa shape index (κ2) is 9.36. The van der Waals surface area contributed by atoms with Crippen molar-refractivity contribution in [2.24, 2.45) is 0 Å². The summed E-state index contributed by atoms with van der Waals surface area (Å²) in [6.45, 7) is 4.04. The Morgan fingerprint density at radius 3 is 2.07 bits per heavy atom. The monoisotopic (exact) mass is 440 g/mol. The minimum Gasteiger partial charge on any atom is -0.322 e. The van der Waals surface area contributed by atoms with Crippen LogP contribution in [0.3, 0.4) is 0 Å². The van der Waals surface area contributed by atoms with Gasteiger partial charge in [-0.1, -0.05) is 17.7 Å². The lowest BCUT2D eigenvalue weighted by Crippen LogP contribution is -2.30. The van der Waals surface area contributed by atoms with Gasteiger partial charge < -0.3 is 5.32 Å². The molecule has 1 amide bonds. The van der Waals surface area contributed by atoms with Crippen LogP contribution < -0.4 is 9.62 Å².